The number of hydrogen-bond acceptors (Lipinski definition) is 6. The number of benzene rings is 2. The van der Waals surface area contributed by atoms with Crippen molar-refractivity contribution in [2.45, 2.75) is 51.2 Å². The molecule has 2 N–H and O–H groups in total. The lowest BCUT2D eigenvalue weighted by molar-refractivity contribution is 0.0281. The smallest absolute Gasteiger partial charge is 0.159 e. The number of pyridine rings is 1. The first-order valence-corrected chi connectivity index (χ1v) is 12.6. The minimum Gasteiger partial charge on any atom is -0.385 e. The molecule has 2 aromatic carbocycles. The quantitative estimate of drug-likeness (QED) is 0.366. The van der Waals surface area contributed by atoms with Gasteiger partial charge in [0.1, 0.15) is 5.82 Å². The van der Waals surface area contributed by atoms with Gasteiger partial charge in [0, 0.05) is 48.1 Å². The zero-order valence-corrected chi connectivity index (χ0v) is 20.5. The van der Waals surface area contributed by atoms with Crippen LogP contribution in [0.4, 0.5) is 11.6 Å². The van der Waals surface area contributed by atoms with Crippen molar-refractivity contribution in [3.8, 4) is 0 Å². The standard InChI is InChI=1S/C29H33N5O/c1-3-29(35,4-2)22-14-15-27(30-19-22)31-23-16-17-34(20-23)28-25-13-9-8-12-24(25)26(32-33-28)18-21-10-6-5-7-11-21/h5-15,19,23,35H,3-4,16-18,20H2,1-2H3,(H,30,31). The number of aliphatic hydroxyl groups is 1. The summed E-state index contributed by atoms with van der Waals surface area (Å²) in [6.45, 7) is 5.76. The molecule has 0 aliphatic carbocycles. The first-order chi connectivity index (χ1) is 17.1. The number of hydrogen-bond donors (Lipinski definition) is 2. The minimum atomic E-state index is -0.803. The highest BCUT2D eigenvalue weighted by atomic mass is 16.3. The summed E-state index contributed by atoms with van der Waals surface area (Å²) in [5, 5.41) is 26.0. The Labute approximate surface area is 207 Å². The molecule has 1 unspecified atom stereocenters. The third kappa shape index (κ3) is 4.84. The molecule has 4 aromatic rings. The zero-order valence-electron chi connectivity index (χ0n) is 20.5. The van der Waals surface area contributed by atoms with Crippen LogP contribution in [0.2, 0.25) is 0 Å². The molecule has 180 valence electrons. The highest BCUT2D eigenvalue weighted by Crippen LogP contribution is 2.31. The summed E-state index contributed by atoms with van der Waals surface area (Å²) in [7, 11) is 0. The van der Waals surface area contributed by atoms with Crippen molar-refractivity contribution in [1.82, 2.24) is 15.2 Å². The number of nitrogens with one attached hydrogen (secondary N) is 1. The van der Waals surface area contributed by atoms with Crippen LogP contribution in [0, 0.1) is 0 Å². The van der Waals surface area contributed by atoms with E-state index in [0.29, 0.717) is 12.8 Å². The van der Waals surface area contributed by atoms with Crippen molar-refractivity contribution in [2.24, 2.45) is 0 Å². The summed E-state index contributed by atoms with van der Waals surface area (Å²) in [5.74, 6) is 1.78. The lowest BCUT2D eigenvalue weighted by atomic mass is 9.90. The van der Waals surface area contributed by atoms with Crippen LogP contribution < -0.4 is 10.2 Å². The number of anilines is 2. The second kappa shape index (κ2) is 10.0. The fourth-order valence-corrected chi connectivity index (χ4v) is 4.99. The van der Waals surface area contributed by atoms with E-state index in [1.54, 1.807) is 6.20 Å². The van der Waals surface area contributed by atoms with E-state index in [1.807, 2.05) is 32.0 Å². The monoisotopic (exact) mass is 467 g/mol. The van der Waals surface area contributed by atoms with Crippen LogP contribution in [-0.4, -0.2) is 39.4 Å². The molecule has 6 heteroatoms. The van der Waals surface area contributed by atoms with Gasteiger partial charge in [0.2, 0.25) is 0 Å². The van der Waals surface area contributed by atoms with Gasteiger partial charge in [-0.1, -0.05) is 74.5 Å². The summed E-state index contributed by atoms with van der Waals surface area (Å²) < 4.78 is 0. The van der Waals surface area contributed by atoms with E-state index in [9.17, 15) is 5.11 Å². The predicted molar refractivity (Wildman–Crippen MR) is 142 cm³/mol. The number of rotatable bonds is 8. The molecule has 2 aromatic heterocycles. The van der Waals surface area contributed by atoms with Gasteiger partial charge in [-0.15, -0.1) is 5.10 Å². The minimum absolute atomic E-state index is 0.272. The van der Waals surface area contributed by atoms with Gasteiger partial charge < -0.3 is 15.3 Å². The first-order valence-electron chi connectivity index (χ1n) is 12.6. The van der Waals surface area contributed by atoms with E-state index in [1.165, 1.54) is 5.56 Å². The van der Waals surface area contributed by atoms with Gasteiger partial charge >= 0.3 is 0 Å². The second-order valence-corrected chi connectivity index (χ2v) is 9.43. The average molecular weight is 468 g/mol. The van der Waals surface area contributed by atoms with Crippen molar-refractivity contribution < 1.29 is 5.11 Å². The third-order valence-electron chi connectivity index (χ3n) is 7.27. The van der Waals surface area contributed by atoms with E-state index in [-0.39, 0.29) is 6.04 Å². The Morgan fingerprint density at radius 1 is 0.943 bits per heavy atom. The van der Waals surface area contributed by atoms with Gasteiger partial charge in [-0.3, -0.25) is 0 Å². The molecule has 5 rings (SSSR count). The number of aromatic nitrogens is 3. The summed E-state index contributed by atoms with van der Waals surface area (Å²) in [6, 6.07) is 23.1. The molecule has 1 aliphatic rings. The lowest BCUT2D eigenvalue weighted by Crippen LogP contribution is -2.27. The van der Waals surface area contributed by atoms with Gasteiger partial charge in [-0.05, 0) is 30.9 Å². The fraction of sp³-hybridized carbons (Fsp3) is 0.345. The van der Waals surface area contributed by atoms with Crippen LogP contribution in [0.25, 0.3) is 10.8 Å². The summed E-state index contributed by atoms with van der Waals surface area (Å²) in [6.07, 6.45) is 4.92. The Hall–Kier alpha value is -3.51. The molecule has 1 saturated heterocycles. The average Bonchev–Trinajstić information content (AvgIpc) is 3.37. The fourth-order valence-electron chi connectivity index (χ4n) is 4.99. The summed E-state index contributed by atoms with van der Waals surface area (Å²) in [5.41, 5.74) is 2.31. The molecular formula is C29H33N5O. The van der Waals surface area contributed by atoms with Crippen molar-refractivity contribution in [1.29, 1.82) is 0 Å². The van der Waals surface area contributed by atoms with Crippen LogP contribution in [0.1, 0.15) is 49.9 Å². The van der Waals surface area contributed by atoms with E-state index >= 15 is 0 Å². The first kappa shape index (κ1) is 23.2. The molecule has 35 heavy (non-hydrogen) atoms. The predicted octanol–water partition coefficient (Wildman–Crippen LogP) is 5.31. The highest BCUT2D eigenvalue weighted by Gasteiger charge is 2.27. The summed E-state index contributed by atoms with van der Waals surface area (Å²) in [4.78, 5) is 6.91. The Morgan fingerprint density at radius 3 is 2.40 bits per heavy atom. The largest absolute Gasteiger partial charge is 0.385 e. The van der Waals surface area contributed by atoms with Gasteiger partial charge in [0.15, 0.2) is 5.82 Å². The highest BCUT2D eigenvalue weighted by molar-refractivity contribution is 5.93. The third-order valence-corrected chi connectivity index (χ3v) is 7.27. The molecule has 6 nitrogen and oxygen atoms in total. The molecule has 1 aliphatic heterocycles. The molecule has 1 atom stereocenters. The Balaban J connectivity index is 1.31. The molecular weight excluding hydrogens is 434 g/mol. The molecule has 0 radical (unpaired) electrons. The van der Waals surface area contributed by atoms with Crippen LogP contribution in [-0.2, 0) is 12.0 Å². The van der Waals surface area contributed by atoms with Crippen LogP contribution in [0.5, 0.6) is 0 Å². The molecule has 1 fully saturated rings. The maximum Gasteiger partial charge on any atom is 0.159 e. The van der Waals surface area contributed by atoms with Crippen molar-refractivity contribution in [2.75, 3.05) is 23.3 Å². The normalized spacial score (nSPS) is 16.1. The molecule has 0 amide bonds. The Bertz CT molecular complexity index is 1270. The van der Waals surface area contributed by atoms with Gasteiger partial charge in [-0.25, -0.2) is 4.98 Å². The molecule has 0 saturated carbocycles. The van der Waals surface area contributed by atoms with Gasteiger partial charge in [0.25, 0.3) is 0 Å². The van der Waals surface area contributed by atoms with Crippen LogP contribution >= 0.6 is 0 Å². The maximum atomic E-state index is 10.7. The Morgan fingerprint density at radius 2 is 1.69 bits per heavy atom. The van der Waals surface area contributed by atoms with E-state index in [2.05, 4.69) is 73.9 Å². The summed E-state index contributed by atoms with van der Waals surface area (Å²) >= 11 is 0. The topological polar surface area (TPSA) is 74.2 Å². The SMILES string of the molecule is CCC(O)(CC)c1ccc(NC2CCN(c3nnc(Cc4ccccc4)c4ccccc34)C2)nc1. The van der Waals surface area contributed by atoms with Crippen molar-refractivity contribution >= 4 is 22.4 Å². The zero-order chi connectivity index (χ0) is 24.3. The number of nitrogens with zero attached hydrogens (tertiary/aromatic N) is 4. The second-order valence-electron chi connectivity index (χ2n) is 9.43. The van der Waals surface area contributed by atoms with E-state index < -0.39 is 5.60 Å². The van der Waals surface area contributed by atoms with Crippen LogP contribution in [0.15, 0.2) is 72.9 Å². The van der Waals surface area contributed by atoms with Gasteiger partial charge in [0.05, 0.1) is 11.3 Å². The van der Waals surface area contributed by atoms with Crippen molar-refractivity contribution in [3.63, 3.8) is 0 Å². The van der Waals surface area contributed by atoms with E-state index in [0.717, 1.165) is 59.6 Å². The van der Waals surface area contributed by atoms with Crippen LogP contribution in [0.3, 0.4) is 0 Å². The Kier molecular flexibility index (Phi) is 6.64. The molecule has 0 spiro atoms. The van der Waals surface area contributed by atoms with Crippen molar-refractivity contribution in [3.05, 3.63) is 89.7 Å². The number of fused-ring (bicyclic) bond motifs is 1. The maximum absolute atomic E-state index is 10.7. The molecule has 3 heterocycles. The van der Waals surface area contributed by atoms with Gasteiger partial charge in [-0.2, -0.15) is 5.10 Å². The lowest BCUT2D eigenvalue weighted by Gasteiger charge is -2.25. The molecule has 0 bridgehead atoms. The van der Waals surface area contributed by atoms with E-state index in [4.69, 9.17) is 0 Å².